The van der Waals surface area contributed by atoms with E-state index in [9.17, 15) is 14.0 Å². The molecule has 0 saturated carbocycles. The third-order valence-electron chi connectivity index (χ3n) is 2.85. The van der Waals surface area contributed by atoms with E-state index in [0.29, 0.717) is 11.5 Å². The molecule has 23 heavy (non-hydrogen) atoms. The fourth-order valence-electron chi connectivity index (χ4n) is 1.72. The number of methoxy groups -OCH3 is 1. The minimum absolute atomic E-state index is 0.220. The number of carbonyl (C=O) groups is 2. The summed E-state index contributed by atoms with van der Waals surface area (Å²) < 4.78 is 23.2. The van der Waals surface area contributed by atoms with E-state index in [0.717, 1.165) is 12.1 Å². The Morgan fingerprint density at radius 2 is 1.65 bits per heavy atom. The van der Waals surface area contributed by atoms with E-state index in [-0.39, 0.29) is 12.2 Å². The highest BCUT2D eigenvalue weighted by Gasteiger charge is 2.09. The lowest BCUT2D eigenvalue weighted by molar-refractivity contribution is -0.123. The van der Waals surface area contributed by atoms with Gasteiger partial charge in [-0.25, -0.2) is 4.39 Å². The molecular weight excluding hydrogens is 303 g/mol. The number of hydrazine groups is 1. The van der Waals surface area contributed by atoms with Gasteiger partial charge in [0.2, 0.25) is 0 Å². The fraction of sp³-hybridized carbons (Fsp3) is 0.125. The average Bonchev–Trinajstić information content (AvgIpc) is 2.58. The summed E-state index contributed by atoms with van der Waals surface area (Å²) in [5.41, 5.74) is 4.64. The van der Waals surface area contributed by atoms with Crippen molar-refractivity contribution in [1.82, 2.24) is 10.9 Å². The second kappa shape index (κ2) is 7.79. The standard InChI is InChI=1S/C16H15FN2O4/c1-22-13-4-2-3-5-14(13)23-10-15(20)18-19-16(21)11-6-8-12(17)9-7-11/h2-9H,10H2,1H3,(H,18,20)(H,19,21). The molecule has 0 saturated heterocycles. The zero-order valence-electron chi connectivity index (χ0n) is 12.3. The van der Waals surface area contributed by atoms with E-state index < -0.39 is 17.6 Å². The molecule has 6 nitrogen and oxygen atoms in total. The summed E-state index contributed by atoms with van der Waals surface area (Å²) >= 11 is 0. The van der Waals surface area contributed by atoms with Crippen LogP contribution in [0.25, 0.3) is 0 Å². The molecule has 0 unspecified atom stereocenters. The Morgan fingerprint density at radius 3 is 2.30 bits per heavy atom. The van der Waals surface area contributed by atoms with Gasteiger partial charge >= 0.3 is 0 Å². The van der Waals surface area contributed by atoms with Crippen LogP contribution in [0.1, 0.15) is 10.4 Å². The summed E-state index contributed by atoms with van der Waals surface area (Å²) in [6.07, 6.45) is 0. The Kier molecular flexibility index (Phi) is 5.51. The molecule has 2 aromatic rings. The molecule has 0 spiro atoms. The number of hydrogen-bond acceptors (Lipinski definition) is 4. The van der Waals surface area contributed by atoms with Crippen LogP contribution in [0.2, 0.25) is 0 Å². The van der Waals surface area contributed by atoms with Gasteiger partial charge in [-0.15, -0.1) is 0 Å². The zero-order valence-corrected chi connectivity index (χ0v) is 12.3. The van der Waals surface area contributed by atoms with Crippen molar-refractivity contribution in [2.24, 2.45) is 0 Å². The summed E-state index contributed by atoms with van der Waals surface area (Å²) in [7, 11) is 1.49. The van der Waals surface area contributed by atoms with Crippen LogP contribution in [0.5, 0.6) is 11.5 Å². The molecule has 0 atom stereocenters. The number of rotatable bonds is 5. The number of amides is 2. The number of ether oxygens (including phenoxy) is 2. The summed E-state index contributed by atoms with van der Waals surface area (Å²) in [5.74, 6) is -0.650. The smallest absolute Gasteiger partial charge is 0.276 e. The van der Waals surface area contributed by atoms with Crippen molar-refractivity contribution in [3.63, 3.8) is 0 Å². The predicted molar refractivity (Wildman–Crippen MR) is 80.5 cm³/mol. The van der Waals surface area contributed by atoms with Crippen LogP contribution in [-0.4, -0.2) is 25.5 Å². The lowest BCUT2D eigenvalue weighted by Crippen LogP contribution is -2.43. The minimum atomic E-state index is -0.560. The lowest BCUT2D eigenvalue weighted by atomic mass is 10.2. The molecule has 120 valence electrons. The van der Waals surface area contributed by atoms with E-state index >= 15 is 0 Å². The maximum absolute atomic E-state index is 12.8. The van der Waals surface area contributed by atoms with E-state index in [4.69, 9.17) is 9.47 Å². The number of carbonyl (C=O) groups excluding carboxylic acids is 2. The molecule has 7 heteroatoms. The molecule has 2 rings (SSSR count). The number of para-hydroxylation sites is 2. The van der Waals surface area contributed by atoms with Gasteiger partial charge in [0.1, 0.15) is 5.82 Å². The highest BCUT2D eigenvalue weighted by atomic mass is 19.1. The van der Waals surface area contributed by atoms with E-state index in [2.05, 4.69) is 10.9 Å². The van der Waals surface area contributed by atoms with Crippen LogP contribution in [0.3, 0.4) is 0 Å². The Labute approximate surface area is 132 Å². The summed E-state index contributed by atoms with van der Waals surface area (Å²) in [5, 5.41) is 0. The topological polar surface area (TPSA) is 76.7 Å². The van der Waals surface area contributed by atoms with Gasteiger partial charge in [0.05, 0.1) is 7.11 Å². The summed E-state index contributed by atoms with van der Waals surface area (Å²) in [6.45, 7) is -0.302. The van der Waals surface area contributed by atoms with Crippen LogP contribution in [-0.2, 0) is 4.79 Å². The molecule has 0 bridgehead atoms. The first kappa shape index (κ1) is 16.3. The van der Waals surface area contributed by atoms with Gasteiger partial charge in [-0.2, -0.15) is 0 Å². The van der Waals surface area contributed by atoms with Gasteiger partial charge in [0.25, 0.3) is 11.8 Å². The van der Waals surface area contributed by atoms with E-state index in [1.54, 1.807) is 24.3 Å². The highest BCUT2D eigenvalue weighted by Crippen LogP contribution is 2.25. The Hall–Kier alpha value is -3.09. The normalized spacial score (nSPS) is 9.83. The molecule has 0 aromatic heterocycles. The monoisotopic (exact) mass is 318 g/mol. The predicted octanol–water partition coefficient (Wildman–Crippen LogP) is 1.67. The first-order chi connectivity index (χ1) is 11.1. The largest absolute Gasteiger partial charge is 0.493 e. The van der Waals surface area contributed by atoms with Crippen LogP contribution in [0, 0.1) is 5.82 Å². The highest BCUT2D eigenvalue weighted by molar-refractivity contribution is 5.95. The Morgan fingerprint density at radius 1 is 1.00 bits per heavy atom. The minimum Gasteiger partial charge on any atom is -0.493 e. The van der Waals surface area contributed by atoms with Crippen LogP contribution in [0.15, 0.2) is 48.5 Å². The second-order valence-corrected chi connectivity index (χ2v) is 4.45. The van der Waals surface area contributed by atoms with Crippen molar-refractivity contribution < 1.29 is 23.5 Å². The number of benzene rings is 2. The lowest BCUT2D eigenvalue weighted by Gasteiger charge is -2.11. The molecule has 2 N–H and O–H groups in total. The van der Waals surface area contributed by atoms with Crippen molar-refractivity contribution in [2.45, 2.75) is 0 Å². The third kappa shape index (κ3) is 4.70. The second-order valence-electron chi connectivity index (χ2n) is 4.45. The molecule has 0 aliphatic carbocycles. The zero-order chi connectivity index (χ0) is 16.7. The van der Waals surface area contributed by atoms with Gasteiger partial charge in [0.15, 0.2) is 18.1 Å². The van der Waals surface area contributed by atoms with Crippen molar-refractivity contribution >= 4 is 11.8 Å². The van der Waals surface area contributed by atoms with Crippen LogP contribution >= 0.6 is 0 Å². The fourth-order valence-corrected chi connectivity index (χ4v) is 1.72. The molecule has 0 aliphatic heterocycles. The van der Waals surface area contributed by atoms with Gasteiger partial charge in [0, 0.05) is 5.56 Å². The molecule has 0 radical (unpaired) electrons. The maximum Gasteiger partial charge on any atom is 0.276 e. The van der Waals surface area contributed by atoms with Crippen molar-refractivity contribution in [3.8, 4) is 11.5 Å². The van der Waals surface area contributed by atoms with Crippen LogP contribution < -0.4 is 20.3 Å². The van der Waals surface area contributed by atoms with Crippen LogP contribution in [0.4, 0.5) is 4.39 Å². The van der Waals surface area contributed by atoms with Crippen molar-refractivity contribution in [1.29, 1.82) is 0 Å². The number of halogens is 1. The van der Waals surface area contributed by atoms with Crippen molar-refractivity contribution in [3.05, 3.63) is 59.9 Å². The third-order valence-corrected chi connectivity index (χ3v) is 2.85. The van der Waals surface area contributed by atoms with Gasteiger partial charge in [-0.1, -0.05) is 12.1 Å². The molecule has 2 aromatic carbocycles. The Bertz CT molecular complexity index is 689. The maximum atomic E-state index is 12.8. The van der Waals surface area contributed by atoms with Gasteiger partial charge in [-0.3, -0.25) is 20.4 Å². The molecule has 0 fully saturated rings. The first-order valence-electron chi connectivity index (χ1n) is 6.70. The molecule has 0 heterocycles. The average molecular weight is 318 g/mol. The van der Waals surface area contributed by atoms with Crippen molar-refractivity contribution in [2.75, 3.05) is 13.7 Å². The summed E-state index contributed by atoms with van der Waals surface area (Å²) in [6, 6.07) is 11.8. The quantitative estimate of drug-likeness (QED) is 0.822. The summed E-state index contributed by atoms with van der Waals surface area (Å²) in [4.78, 5) is 23.4. The number of nitrogens with one attached hydrogen (secondary N) is 2. The van der Waals surface area contributed by atoms with Gasteiger partial charge < -0.3 is 9.47 Å². The molecule has 0 aliphatic rings. The van der Waals surface area contributed by atoms with E-state index in [1.807, 2.05) is 0 Å². The number of hydrogen-bond donors (Lipinski definition) is 2. The van der Waals surface area contributed by atoms with E-state index in [1.165, 1.54) is 19.2 Å². The Balaban J connectivity index is 1.81. The first-order valence-corrected chi connectivity index (χ1v) is 6.70. The SMILES string of the molecule is COc1ccccc1OCC(=O)NNC(=O)c1ccc(F)cc1. The van der Waals surface area contributed by atoms with Gasteiger partial charge in [-0.05, 0) is 36.4 Å². The molecular formula is C16H15FN2O4. The molecule has 2 amide bonds.